The van der Waals surface area contributed by atoms with E-state index in [-0.39, 0.29) is 30.1 Å². The maximum Gasteiger partial charge on any atom is 0.234 e. The molecule has 0 saturated carbocycles. The van der Waals surface area contributed by atoms with Gasteiger partial charge in [0.1, 0.15) is 0 Å². The number of fused-ring (bicyclic) bond motifs is 1. The second-order valence-electron chi connectivity index (χ2n) is 7.47. The summed E-state index contributed by atoms with van der Waals surface area (Å²) in [5.41, 5.74) is 2.66. The zero-order valence-corrected chi connectivity index (χ0v) is 22.6. The average Bonchev–Trinajstić information content (AvgIpc) is 3.17. The fourth-order valence-corrected chi connectivity index (χ4v) is 7.75. The Labute approximate surface area is 218 Å². The largest absolute Gasteiger partial charge is 0.348 e. The molecule has 1 N–H and O–H groups in total. The van der Waals surface area contributed by atoms with Crippen molar-refractivity contribution < 1.29 is 9.59 Å². The molecule has 31 heavy (non-hydrogen) atoms. The summed E-state index contributed by atoms with van der Waals surface area (Å²) in [4.78, 5) is 29.4. The van der Waals surface area contributed by atoms with E-state index in [1.807, 2.05) is 12.1 Å². The SMILES string of the molecule is Cl.O=C(CN1CCN(Cc2ccc(Cl)cc2Cl)CC1)NC1CC(=O)c2c(Br)sc(Br)c21. The first kappa shape index (κ1) is 25.4. The number of carbonyl (C=O) groups is 2. The maximum atomic E-state index is 12.6. The van der Waals surface area contributed by atoms with Gasteiger partial charge in [0, 0.05) is 60.3 Å². The molecule has 168 valence electrons. The Morgan fingerprint density at radius 3 is 2.48 bits per heavy atom. The van der Waals surface area contributed by atoms with Crippen molar-refractivity contribution in [3.63, 3.8) is 0 Å². The lowest BCUT2D eigenvalue weighted by molar-refractivity contribution is -0.123. The van der Waals surface area contributed by atoms with Crippen molar-refractivity contribution in [3.8, 4) is 0 Å². The summed E-state index contributed by atoms with van der Waals surface area (Å²) in [6, 6.07) is 5.32. The third-order valence-electron chi connectivity index (χ3n) is 5.45. The molecule has 0 spiro atoms. The number of piperazine rings is 1. The van der Waals surface area contributed by atoms with Crippen LogP contribution in [0.2, 0.25) is 10.0 Å². The van der Waals surface area contributed by atoms with Crippen LogP contribution in [-0.2, 0) is 11.3 Å². The summed E-state index contributed by atoms with van der Waals surface area (Å²) in [5.74, 6) is 0.0164. The number of rotatable bonds is 5. The number of Topliss-reactive ketones (excluding diaryl/α,β-unsaturated/α-hetero) is 1. The van der Waals surface area contributed by atoms with E-state index in [2.05, 4.69) is 47.0 Å². The summed E-state index contributed by atoms with van der Waals surface area (Å²) in [6.07, 6.45) is 0.316. The molecule has 1 fully saturated rings. The summed E-state index contributed by atoms with van der Waals surface area (Å²) >= 11 is 20.7. The number of amides is 1. The number of hydrogen-bond acceptors (Lipinski definition) is 5. The molecule has 1 aliphatic carbocycles. The van der Waals surface area contributed by atoms with Crippen molar-refractivity contribution in [1.82, 2.24) is 15.1 Å². The van der Waals surface area contributed by atoms with E-state index in [0.717, 1.165) is 51.4 Å². The van der Waals surface area contributed by atoms with Crippen LogP contribution in [0, 0.1) is 0 Å². The molecule has 1 amide bonds. The van der Waals surface area contributed by atoms with Gasteiger partial charge in [-0.2, -0.15) is 0 Å². The lowest BCUT2D eigenvalue weighted by Crippen LogP contribution is -2.49. The fourth-order valence-electron chi connectivity index (χ4n) is 3.91. The third-order valence-corrected chi connectivity index (χ3v) is 8.61. The van der Waals surface area contributed by atoms with Crippen molar-refractivity contribution in [2.24, 2.45) is 0 Å². The molecule has 1 atom stereocenters. The molecule has 0 radical (unpaired) electrons. The summed E-state index contributed by atoms with van der Waals surface area (Å²) in [7, 11) is 0. The Morgan fingerprint density at radius 2 is 1.81 bits per heavy atom. The van der Waals surface area contributed by atoms with Crippen LogP contribution < -0.4 is 5.32 Å². The number of nitrogens with zero attached hydrogens (tertiary/aromatic N) is 2. The van der Waals surface area contributed by atoms with Crippen LogP contribution in [-0.4, -0.2) is 54.2 Å². The Kier molecular flexibility index (Phi) is 8.88. The van der Waals surface area contributed by atoms with Crippen LogP contribution in [0.25, 0.3) is 0 Å². The molecule has 11 heteroatoms. The van der Waals surface area contributed by atoms with Gasteiger partial charge in [0.2, 0.25) is 5.91 Å². The highest BCUT2D eigenvalue weighted by molar-refractivity contribution is 9.12. The lowest BCUT2D eigenvalue weighted by atomic mass is 10.2. The van der Waals surface area contributed by atoms with E-state index in [9.17, 15) is 9.59 Å². The highest BCUT2D eigenvalue weighted by atomic mass is 79.9. The molecule has 2 aromatic rings. The van der Waals surface area contributed by atoms with Gasteiger partial charge in [-0.3, -0.25) is 19.4 Å². The molecule has 5 nitrogen and oxygen atoms in total. The highest BCUT2D eigenvalue weighted by Gasteiger charge is 2.36. The van der Waals surface area contributed by atoms with Crippen molar-refractivity contribution in [2.45, 2.75) is 19.0 Å². The van der Waals surface area contributed by atoms with Gasteiger partial charge in [-0.25, -0.2) is 0 Å². The summed E-state index contributed by atoms with van der Waals surface area (Å²) in [5, 5.41) is 4.36. The van der Waals surface area contributed by atoms with Gasteiger partial charge < -0.3 is 5.32 Å². The molecule has 0 bridgehead atoms. The topological polar surface area (TPSA) is 52.7 Å². The smallest absolute Gasteiger partial charge is 0.234 e. The van der Waals surface area contributed by atoms with Gasteiger partial charge in [0.25, 0.3) is 0 Å². The number of thiophene rings is 1. The molecule has 1 saturated heterocycles. The van der Waals surface area contributed by atoms with Gasteiger partial charge in [0.15, 0.2) is 5.78 Å². The minimum atomic E-state index is -0.259. The second-order valence-corrected chi connectivity index (χ2v) is 12.0. The first-order valence-electron chi connectivity index (χ1n) is 9.50. The van der Waals surface area contributed by atoms with Crippen molar-refractivity contribution in [3.05, 3.63) is 52.5 Å². The van der Waals surface area contributed by atoms with E-state index in [4.69, 9.17) is 23.2 Å². The first-order chi connectivity index (χ1) is 14.3. The number of ketones is 1. The van der Waals surface area contributed by atoms with E-state index in [0.29, 0.717) is 28.6 Å². The van der Waals surface area contributed by atoms with Crippen LogP contribution in [0.1, 0.15) is 33.9 Å². The molecule has 4 rings (SSSR count). The average molecular weight is 633 g/mol. The Hall–Kier alpha value is -0.190. The Morgan fingerprint density at radius 1 is 1.13 bits per heavy atom. The molecule has 1 unspecified atom stereocenters. The van der Waals surface area contributed by atoms with E-state index >= 15 is 0 Å². The maximum absolute atomic E-state index is 12.6. The molecule has 1 aromatic carbocycles. The van der Waals surface area contributed by atoms with Crippen LogP contribution in [0.3, 0.4) is 0 Å². The van der Waals surface area contributed by atoms with E-state index < -0.39 is 0 Å². The van der Waals surface area contributed by atoms with Gasteiger partial charge >= 0.3 is 0 Å². The number of carbonyl (C=O) groups excluding carboxylic acids is 2. The van der Waals surface area contributed by atoms with Crippen LogP contribution in [0.15, 0.2) is 25.8 Å². The predicted octanol–water partition coefficient (Wildman–Crippen LogP) is 5.56. The molecule has 1 aliphatic heterocycles. The van der Waals surface area contributed by atoms with Gasteiger partial charge in [-0.05, 0) is 49.6 Å². The van der Waals surface area contributed by atoms with E-state index in [1.165, 1.54) is 11.3 Å². The van der Waals surface area contributed by atoms with Crippen LogP contribution >= 0.6 is 78.8 Å². The van der Waals surface area contributed by atoms with Crippen molar-refractivity contribution >= 4 is 90.5 Å². The number of halogens is 5. The highest BCUT2D eigenvalue weighted by Crippen LogP contribution is 2.46. The van der Waals surface area contributed by atoms with Gasteiger partial charge in [-0.1, -0.05) is 29.3 Å². The fraction of sp³-hybridized carbons (Fsp3) is 0.400. The standard InChI is InChI=1S/C20H19Br2Cl2N3O2S.ClH/c21-19-17-14(8-15(28)18(17)20(22)30-19)25-16(29)10-27-5-3-26(4-6-27)9-11-1-2-12(23)7-13(11)24;/h1-2,7,14H,3-6,8-10H2,(H,25,29);1H. The van der Waals surface area contributed by atoms with Crippen LogP contribution in [0.4, 0.5) is 0 Å². The minimum absolute atomic E-state index is 0. The zero-order chi connectivity index (χ0) is 21.4. The first-order valence-corrected chi connectivity index (χ1v) is 12.7. The van der Waals surface area contributed by atoms with Gasteiger partial charge in [-0.15, -0.1) is 23.7 Å². The Balaban J connectivity index is 0.00000272. The van der Waals surface area contributed by atoms with Gasteiger partial charge in [0.05, 0.1) is 20.2 Å². The summed E-state index contributed by atoms with van der Waals surface area (Å²) in [6.45, 7) is 4.44. The second kappa shape index (κ2) is 10.8. The number of benzene rings is 1. The Bertz CT molecular complexity index is 996. The quantitative estimate of drug-likeness (QED) is 0.469. The normalized spacial score (nSPS) is 19.2. The van der Waals surface area contributed by atoms with E-state index in [1.54, 1.807) is 6.07 Å². The zero-order valence-electron chi connectivity index (χ0n) is 16.3. The molecule has 1 aromatic heterocycles. The molecular weight excluding hydrogens is 612 g/mol. The summed E-state index contributed by atoms with van der Waals surface area (Å²) < 4.78 is 1.72. The molecule has 2 heterocycles. The molecular formula is C20H20Br2Cl3N3O2S. The van der Waals surface area contributed by atoms with Crippen LogP contribution in [0.5, 0.6) is 0 Å². The minimum Gasteiger partial charge on any atom is -0.348 e. The molecule has 2 aliphatic rings. The lowest BCUT2D eigenvalue weighted by Gasteiger charge is -2.34. The third kappa shape index (κ3) is 5.84. The predicted molar refractivity (Wildman–Crippen MR) is 135 cm³/mol. The number of nitrogens with one attached hydrogen (secondary N) is 1. The monoisotopic (exact) mass is 629 g/mol. The van der Waals surface area contributed by atoms with Crippen molar-refractivity contribution in [2.75, 3.05) is 32.7 Å². The number of hydrogen-bond donors (Lipinski definition) is 1. The van der Waals surface area contributed by atoms with Crippen molar-refractivity contribution in [1.29, 1.82) is 0 Å².